The molecule has 1 unspecified atom stereocenters. The number of nitrogens with two attached hydrogens (primary N) is 1. The van der Waals surface area contributed by atoms with Gasteiger partial charge in [0.15, 0.2) is 5.79 Å². The molecule has 2 saturated heterocycles. The molecule has 136 valence electrons. The Morgan fingerprint density at radius 2 is 1.74 bits per heavy atom. The molecule has 23 heavy (non-hydrogen) atoms. The Kier molecular flexibility index (Phi) is 6.69. The van der Waals surface area contributed by atoms with Gasteiger partial charge in [-0.15, -0.1) is 12.4 Å². The van der Waals surface area contributed by atoms with Gasteiger partial charge >= 0.3 is 0 Å². The second-order valence-corrected chi connectivity index (χ2v) is 8.22. The molecule has 3 aliphatic rings. The molecule has 0 aromatic carbocycles. The van der Waals surface area contributed by atoms with Crippen LogP contribution in [0.3, 0.4) is 0 Å². The number of rotatable bonds is 5. The van der Waals surface area contributed by atoms with Crippen molar-refractivity contribution in [2.24, 2.45) is 11.7 Å². The lowest BCUT2D eigenvalue weighted by Crippen LogP contribution is -2.54. The van der Waals surface area contributed by atoms with E-state index in [0.29, 0.717) is 51.6 Å². The number of hydrogen-bond acceptors (Lipinski definition) is 5. The summed E-state index contributed by atoms with van der Waals surface area (Å²) in [6.45, 7) is 2.41. The molecular formula is C14H28ClN3O4S. The molecule has 1 spiro atoms. The van der Waals surface area contributed by atoms with Gasteiger partial charge in [-0.25, -0.2) is 0 Å². The fourth-order valence-corrected chi connectivity index (χ4v) is 5.30. The summed E-state index contributed by atoms with van der Waals surface area (Å²) in [5.41, 5.74) is 5.80. The molecule has 3 N–H and O–H groups in total. The second kappa shape index (κ2) is 7.95. The van der Waals surface area contributed by atoms with Crippen LogP contribution in [0.15, 0.2) is 0 Å². The summed E-state index contributed by atoms with van der Waals surface area (Å²) in [5, 5.41) is 0. The molecule has 2 aliphatic heterocycles. The van der Waals surface area contributed by atoms with Crippen LogP contribution < -0.4 is 10.5 Å². The average molecular weight is 370 g/mol. The predicted molar refractivity (Wildman–Crippen MR) is 89.5 cm³/mol. The first-order valence-corrected chi connectivity index (χ1v) is 9.74. The van der Waals surface area contributed by atoms with E-state index >= 15 is 0 Å². The SMILES string of the molecule is Cl.NCC(NS(=O)(=O)N1CCC2(CC1)OCCO2)C1CCCC1. The van der Waals surface area contributed by atoms with Gasteiger partial charge in [0, 0.05) is 38.5 Å². The molecule has 0 radical (unpaired) electrons. The van der Waals surface area contributed by atoms with Gasteiger partial charge in [0.05, 0.1) is 13.2 Å². The second-order valence-electron chi connectivity index (χ2n) is 6.52. The van der Waals surface area contributed by atoms with E-state index in [2.05, 4.69) is 4.72 Å². The predicted octanol–water partition coefficient (Wildman–Crippen LogP) is 0.599. The Bertz CT molecular complexity index is 468. The molecule has 9 heteroatoms. The molecule has 0 amide bonds. The zero-order valence-corrected chi connectivity index (χ0v) is 15.0. The number of ether oxygens (including phenoxy) is 2. The summed E-state index contributed by atoms with van der Waals surface area (Å²) in [6.07, 6.45) is 5.65. The van der Waals surface area contributed by atoms with Crippen molar-refractivity contribution in [3.8, 4) is 0 Å². The lowest BCUT2D eigenvalue weighted by atomic mass is 9.99. The summed E-state index contributed by atoms with van der Waals surface area (Å²) in [7, 11) is -3.49. The first-order chi connectivity index (χ1) is 10.5. The summed E-state index contributed by atoms with van der Waals surface area (Å²) in [6, 6.07) is -0.151. The van der Waals surface area contributed by atoms with Crippen LogP contribution in [-0.2, 0) is 19.7 Å². The lowest BCUT2D eigenvalue weighted by molar-refractivity contribution is -0.179. The Morgan fingerprint density at radius 3 is 2.26 bits per heavy atom. The summed E-state index contributed by atoms with van der Waals surface area (Å²) in [4.78, 5) is 0. The van der Waals surface area contributed by atoms with Crippen molar-refractivity contribution in [1.29, 1.82) is 0 Å². The fraction of sp³-hybridized carbons (Fsp3) is 1.00. The number of nitrogens with one attached hydrogen (secondary N) is 1. The highest BCUT2D eigenvalue weighted by Crippen LogP contribution is 2.32. The van der Waals surface area contributed by atoms with E-state index in [-0.39, 0.29) is 18.4 Å². The zero-order chi connectivity index (χ0) is 15.6. The smallest absolute Gasteiger partial charge is 0.279 e. The normalized spacial score (nSPS) is 27.2. The third-order valence-corrected chi connectivity index (χ3v) is 6.81. The highest BCUT2D eigenvalue weighted by atomic mass is 35.5. The molecule has 7 nitrogen and oxygen atoms in total. The molecule has 1 saturated carbocycles. The van der Waals surface area contributed by atoms with E-state index in [9.17, 15) is 8.42 Å². The standard InChI is InChI=1S/C14H27N3O4S.ClH/c15-11-13(12-3-1-2-4-12)16-22(18,19)17-7-5-14(6-8-17)20-9-10-21-14;/h12-13,16H,1-11,15H2;1H. The van der Waals surface area contributed by atoms with Gasteiger partial charge in [-0.05, 0) is 18.8 Å². The van der Waals surface area contributed by atoms with Crippen LogP contribution in [0.4, 0.5) is 0 Å². The Morgan fingerprint density at radius 1 is 1.17 bits per heavy atom. The van der Waals surface area contributed by atoms with Crippen molar-refractivity contribution in [3.63, 3.8) is 0 Å². The minimum atomic E-state index is -3.49. The van der Waals surface area contributed by atoms with Crippen LogP contribution in [0, 0.1) is 5.92 Å². The van der Waals surface area contributed by atoms with E-state index in [1.54, 1.807) is 0 Å². The third-order valence-electron chi connectivity index (χ3n) is 5.16. The maximum absolute atomic E-state index is 12.6. The maximum atomic E-state index is 12.6. The topological polar surface area (TPSA) is 93.9 Å². The molecule has 1 atom stereocenters. The third kappa shape index (κ3) is 4.36. The van der Waals surface area contributed by atoms with E-state index in [1.807, 2.05) is 0 Å². The summed E-state index contributed by atoms with van der Waals surface area (Å²) < 4.78 is 40.8. The van der Waals surface area contributed by atoms with Gasteiger partial charge in [-0.1, -0.05) is 12.8 Å². The van der Waals surface area contributed by atoms with Crippen molar-refractivity contribution in [1.82, 2.24) is 9.03 Å². The van der Waals surface area contributed by atoms with E-state index < -0.39 is 16.0 Å². The van der Waals surface area contributed by atoms with Crippen molar-refractivity contribution in [3.05, 3.63) is 0 Å². The van der Waals surface area contributed by atoms with Crippen molar-refractivity contribution >= 4 is 22.6 Å². The highest BCUT2D eigenvalue weighted by molar-refractivity contribution is 7.87. The maximum Gasteiger partial charge on any atom is 0.279 e. The zero-order valence-electron chi connectivity index (χ0n) is 13.4. The van der Waals surface area contributed by atoms with Crippen LogP contribution in [0.2, 0.25) is 0 Å². The first-order valence-electron chi connectivity index (χ1n) is 8.30. The Labute approximate surface area is 144 Å². The van der Waals surface area contributed by atoms with E-state index in [0.717, 1.165) is 12.8 Å². The molecule has 0 aromatic heterocycles. The monoisotopic (exact) mass is 369 g/mol. The molecule has 1 aliphatic carbocycles. The van der Waals surface area contributed by atoms with E-state index in [1.165, 1.54) is 17.1 Å². The van der Waals surface area contributed by atoms with Crippen molar-refractivity contribution < 1.29 is 17.9 Å². The van der Waals surface area contributed by atoms with Gasteiger partial charge in [0.25, 0.3) is 10.2 Å². The molecule has 0 aromatic rings. The minimum absolute atomic E-state index is 0. The Balaban J connectivity index is 0.00000192. The van der Waals surface area contributed by atoms with Crippen LogP contribution in [0.1, 0.15) is 38.5 Å². The number of halogens is 1. The van der Waals surface area contributed by atoms with E-state index in [4.69, 9.17) is 15.2 Å². The van der Waals surface area contributed by atoms with Crippen molar-refractivity contribution in [2.45, 2.75) is 50.4 Å². The van der Waals surface area contributed by atoms with Crippen LogP contribution in [-0.4, -0.2) is 57.4 Å². The first kappa shape index (κ1) is 19.4. The molecule has 3 rings (SSSR count). The number of piperidine rings is 1. The largest absolute Gasteiger partial charge is 0.347 e. The molecule has 3 fully saturated rings. The van der Waals surface area contributed by atoms with Gasteiger partial charge in [-0.3, -0.25) is 0 Å². The van der Waals surface area contributed by atoms with Crippen LogP contribution in [0.25, 0.3) is 0 Å². The Hall–Kier alpha value is 0.0400. The number of nitrogens with zero attached hydrogens (tertiary/aromatic N) is 1. The van der Waals surface area contributed by atoms with Gasteiger partial charge in [0.2, 0.25) is 0 Å². The average Bonchev–Trinajstić information content (AvgIpc) is 3.18. The van der Waals surface area contributed by atoms with Crippen molar-refractivity contribution in [2.75, 3.05) is 32.8 Å². The minimum Gasteiger partial charge on any atom is -0.347 e. The fourth-order valence-electron chi connectivity index (χ4n) is 3.82. The van der Waals surface area contributed by atoms with Gasteiger partial charge < -0.3 is 15.2 Å². The van der Waals surface area contributed by atoms with Gasteiger partial charge in [0.1, 0.15) is 0 Å². The molecular weight excluding hydrogens is 342 g/mol. The lowest BCUT2D eigenvalue weighted by Gasteiger charge is -2.37. The highest BCUT2D eigenvalue weighted by Gasteiger charge is 2.43. The quantitative estimate of drug-likeness (QED) is 0.740. The molecule has 2 heterocycles. The van der Waals surface area contributed by atoms with Gasteiger partial charge in [-0.2, -0.15) is 17.4 Å². The molecule has 0 bridgehead atoms. The van der Waals surface area contributed by atoms with Crippen LogP contribution >= 0.6 is 12.4 Å². The number of hydrogen-bond donors (Lipinski definition) is 2. The van der Waals surface area contributed by atoms with Crippen LogP contribution in [0.5, 0.6) is 0 Å². The summed E-state index contributed by atoms with van der Waals surface area (Å²) >= 11 is 0. The summed E-state index contributed by atoms with van der Waals surface area (Å²) in [5.74, 6) is -0.178.